The highest BCUT2D eigenvalue weighted by Crippen LogP contribution is 1.89. The van der Waals surface area contributed by atoms with Crippen LogP contribution in [0.5, 0.6) is 0 Å². The molecule has 0 aliphatic carbocycles. The molecule has 48 valence electrons. The van der Waals surface area contributed by atoms with E-state index in [-0.39, 0.29) is 0 Å². The molecular formula is C5H7N3O. The molecule has 0 aromatic rings. The maximum Gasteiger partial charge on any atom is 0.136 e. The van der Waals surface area contributed by atoms with Crippen molar-refractivity contribution in [3.63, 3.8) is 0 Å². The van der Waals surface area contributed by atoms with Crippen LogP contribution in [0.4, 0.5) is 0 Å². The van der Waals surface area contributed by atoms with Crippen LogP contribution < -0.4 is 0 Å². The second kappa shape index (κ2) is 2.86. The normalized spacial score (nSPS) is 17.6. The first-order valence-corrected chi connectivity index (χ1v) is 2.53. The van der Waals surface area contributed by atoms with Gasteiger partial charge in [0.05, 0.1) is 0 Å². The average molecular weight is 125 g/mol. The van der Waals surface area contributed by atoms with Gasteiger partial charge in [0, 0.05) is 12.4 Å². The Bertz CT molecular complexity index is 162. The second-order valence-corrected chi connectivity index (χ2v) is 1.56. The number of rotatable bonds is 1. The average Bonchev–Trinajstić information content (AvgIpc) is 1.91. The van der Waals surface area contributed by atoms with E-state index >= 15 is 0 Å². The number of aliphatic imine (C=N–C) groups is 1. The molecule has 0 atom stereocenters. The van der Waals surface area contributed by atoms with Gasteiger partial charge in [-0.25, -0.2) is 0 Å². The molecular weight excluding hydrogens is 118 g/mol. The molecule has 1 aliphatic heterocycles. The van der Waals surface area contributed by atoms with Crippen molar-refractivity contribution >= 4 is 12.6 Å². The smallest absolute Gasteiger partial charge is 0.136 e. The highest BCUT2D eigenvalue weighted by atomic mass is 16.4. The molecule has 0 saturated heterocycles. The van der Waals surface area contributed by atoms with E-state index in [0.29, 0.717) is 6.67 Å². The third-order valence-corrected chi connectivity index (χ3v) is 0.914. The third-order valence-electron chi connectivity index (χ3n) is 0.914. The van der Waals surface area contributed by atoms with Crippen molar-refractivity contribution < 1.29 is 5.21 Å². The Hall–Kier alpha value is -1.32. The van der Waals surface area contributed by atoms with Crippen LogP contribution in [0.1, 0.15) is 0 Å². The Labute approximate surface area is 52.8 Å². The summed E-state index contributed by atoms with van der Waals surface area (Å²) in [6.07, 6.45) is 6.53. The first-order chi connectivity index (χ1) is 4.43. The number of oxime groups is 1. The van der Waals surface area contributed by atoms with E-state index in [9.17, 15) is 0 Å². The highest BCUT2D eigenvalue weighted by molar-refractivity contribution is 5.73. The van der Waals surface area contributed by atoms with Crippen LogP contribution >= 0.6 is 0 Å². The summed E-state index contributed by atoms with van der Waals surface area (Å²) in [5.74, 6) is 0. The van der Waals surface area contributed by atoms with E-state index in [4.69, 9.17) is 5.21 Å². The van der Waals surface area contributed by atoms with Gasteiger partial charge in [-0.3, -0.25) is 4.99 Å². The van der Waals surface area contributed by atoms with Crippen LogP contribution in [0, 0.1) is 0 Å². The summed E-state index contributed by atoms with van der Waals surface area (Å²) in [5, 5.41) is 10.9. The van der Waals surface area contributed by atoms with Crippen LogP contribution in [0.25, 0.3) is 0 Å². The molecule has 0 saturated carbocycles. The molecule has 1 N–H and O–H groups in total. The molecule has 1 rings (SSSR count). The minimum atomic E-state index is 0.528. The molecule has 0 aromatic carbocycles. The Balaban J connectivity index is 2.46. The lowest BCUT2D eigenvalue weighted by Gasteiger charge is -2.11. The van der Waals surface area contributed by atoms with Crippen LogP contribution in [0.2, 0.25) is 0 Å². The lowest BCUT2D eigenvalue weighted by Crippen LogP contribution is -2.16. The monoisotopic (exact) mass is 125 g/mol. The Morgan fingerprint density at radius 1 is 1.78 bits per heavy atom. The molecule has 1 heterocycles. The molecule has 1 aliphatic rings. The standard InChI is InChI=1S/C5H7N3O/c9-7-5-8-3-1-2-6-4-8/h1-3,5,9H,4H2. The summed E-state index contributed by atoms with van der Waals surface area (Å²) < 4.78 is 0. The fourth-order valence-corrected chi connectivity index (χ4v) is 0.540. The van der Waals surface area contributed by atoms with Crippen molar-refractivity contribution in [1.82, 2.24) is 4.90 Å². The van der Waals surface area contributed by atoms with Crippen molar-refractivity contribution in [1.29, 1.82) is 0 Å². The van der Waals surface area contributed by atoms with Crippen LogP contribution in [-0.2, 0) is 0 Å². The summed E-state index contributed by atoms with van der Waals surface area (Å²) in [7, 11) is 0. The molecule has 0 fully saturated rings. The number of hydrogen-bond donors (Lipinski definition) is 1. The summed E-state index contributed by atoms with van der Waals surface area (Å²) in [6.45, 7) is 0.528. The maximum absolute atomic E-state index is 8.06. The zero-order chi connectivity index (χ0) is 6.53. The molecule has 0 aromatic heterocycles. The van der Waals surface area contributed by atoms with Crippen molar-refractivity contribution in [2.45, 2.75) is 0 Å². The van der Waals surface area contributed by atoms with Gasteiger partial charge < -0.3 is 10.1 Å². The summed E-state index contributed by atoms with van der Waals surface area (Å²) >= 11 is 0. The van der Waals surface area contributed by atoms with Crippen LogP contribution in [-0.4, -0.2) is 29.3 Å². The van der Waals surface area contributed by atoms with Crippen LogP contribution in [0.3, 0.4) is 0 Å². The summed E-state index contributed by atoms with van der Waals surface area (Å²) in [4.78, 5) is 5.54. The zero-order valence-electron chi connectivity index (χ0n) is 4.81. The van der Waals surface area contributed by atoms with Crippen molar-refractivity contribution in [2.75, 3.05) is 6.67 Å². The van der Waals surface area contributed by atoms with Gasteiger partial charge in [0.1, 0.15) is 13.0 Å². The Kier molecular flexibility index (Phi) is 1.85. The zero-order valence-corrected chi connectivity index (χ0v) is 4.81. The minimum absolute atomic E-state index is 0.528. The quantitative estimate of drug-likeness (QED) is 0.236. The topological polar surface area (TPSA) is 48.2 Å². The lowest BCUT2D eigenvalue weighted by molar-refractivity contribution is 0.313. The Morgan fingerprint density at radius 2 is 2.67 bits per heavy atom. The molecule has 0 spiro atoms. The van der Waals surface area contributed by atoms with Gasteiger partial charge in [-0.15, -0.1) is 0 Å². The van der Waals surface area contributed by atoms with Gasteiger partial charge in [0.15, 0.2) is 0 Å². The molecule has 0 unspecified atom stereocenters. The Morgan fingerprint density at radius 3 is 3.22 bits per heavy atom. The molecule has 0 amide bonds. The molecule has 0 bridgehead atoms. The molecule has 9 heavy (non-hydrogen) atoms. The van der Waals surface area contributed by atoms with Gasteiger partial charge in [0.2, 0.25) is 0 Å². The lowest BCUT2D eigenvalue weighted by atomic mass is 10.6. The summed E-state index contributed by atoms with van der Waals surface area (Å²) in [5.41, 5.74) is 0. The van der Waals surface area contributed by atoms with E-state index in [2.05, 4.69) is 10.1 Å². The van der Waals surface area contributed by atoms with E-state index in [0.717, 1.165) is 0 Å². The first kappa shape index (κ1) is 5.81. The van der Waals surface area contributed by atoms with E-state index in [1.54, 1.807) is 23.4 Å². The second-order valence-electron chi connectivity index (χ2n) is 1.56. The highest BCUT2D eigenvalue weighted by Gasteiger charge is 1.93. The van der Waals surface area contributed by atoms with Gasteiger partial charge >= 0.3 is 0 Å². The van der Waals surface area contributed by atoms with Crippen molar-refractivity contribution in [3.8, 4) is 0 Å². The number of allylic oxidation sites excluding steroid dienone is 1. The SMILES string of the molecule is ON=CN1C=CC=NC1. The third kappa shape index (κ3) is 1.56. The molecule has 0 radical (unpaired) electrons. The van der Waals surface area contributed by atoms with Gasteiger partial charge in [0.25, 0.3) is 0 Å². The fourth-order valence-electron chi connectivity index (χ4n) is 0.540. The predicted molar refractivity (Wildman–Crippen MR) is 34.6 cm³/mol. The summed E-state index contributed by atoms with van der Waals surface area (Å²) in [6, 6.07) is 0. The van der Waals surface area contributed by atoms with Crippen LogP contribution in [0.15, 0.2) is 22.4 Å². The molecule has 4 heteroatoms. The maximum atomic E-state index is 8.06. The van der Waals surface area contributed by atoms with Crippen molar-refractivity contribution in [3.05, 3.63) is 12.3 Å². The van der Waals surface area contributed by atoms with Gasteiger partial charge in [-0.2, -0.15) is 0 Å². The van der Waals surface area contributed by atoms with Gasteiger partial charge in [-0.1, -0.05) is 5.16 Å². The first-order valence-electron chi connectivity index (χ1n) is 2.53. The van der Waals surface area contributed by atoms with E-state index in [1.165, 1.54) is 6.34 Å². The largest absolute Gasteiger partial charge is 0.410 e. The number of nitrogens with zero attached hydrogens (tertiary/aromatic N) is 3. The van der Waals surface area contributed by atoms with E-state index in [1.807, 2.05) is 0 Å². The van der Waals surface area contributed by atoms with Crippen molar-refractivity contribution in [2.24, 2.45) is 10.1 Å². The minimum Gasteiger partial charge on any atom is -0.410 e. The molecule has 4 nitrogen and oxygen atoms in total. The van der Waals surface area contributed by atoms with E-state index < -0.39 is 0 Å². The van der Waals surface area contributed by atoms with Gasteiger partial charge in [-0.05, 0) is 6.08 Å². The predicted octanol–water partition coefficient (Wildman–Crippen LogP) is 0.262. The number of hydrogen-bond acceptors (Lipinski definition) is 3. The fraction of sp³-hybridized carbons (Fsp3) is 0.200.